The minimum Gasteiger partial charge on any atom is -0.477 e. The highest BCUT2D eigenvalue weighted by atomic mass is 31.3. The van der Waals surface area contributed by atoms with Crippen molar-refractivity contribution in [2.75, 3.05) is 13.2 Å². The van der Waals surface area contributed by atoms with Gasteiger partial charge in [-0.3, -0.25) is 4.98 Å². The van der Waals surface area contributed by atoms with Gasteiger partial charge in [0.1, 0.15) is 0 Å². The molecule has 0 bridgehead atoms. The summed E-state index contributed by atoms with van der Waals surface area (Å²) in [6.45, 7) is 0.199. The Bertz CT molecular complexity index is 514. The first-order valence-corrected chi connectivity index (χ1v) is 9.04. The first kappa shape index (κ1) is 18.1. The Labute approximate surface area is 120 Å². The van der Waals surface area contributed by atoms with Gasteiger partial charge in [0.05, 0.1) is 12.8 Å². The van der Waals surface area contributed by atoms with E-state index < -0.39 is 20.7 Å². The number of ether oxygens (including phenoxy) is 1. The summed E-state index contributed by atoms with van der Waals surface area (Å²) in [6, 6.07) is 0. The maximum absolute atomic E-state index is 11.0. The molecule has 0 saturated carbocycles. The average Bonchev–Trinajstić information content (AvgIpc) is 2.35. The normalized spacial score (nSPS) is 13.3. The highest BCUT2D eigenvalue weighted by molar-refractivity contribution is 8.00. The second-order valence-corrected chi connectivity index (χ2v) is 7.32. The summed E-state index contributed by atoms with van der Waals surface area (Å²) in [7, 11) is -9.81. The molecule has 0 spiro atoms. The Morgan fingerprint density at radius 3 is 2.52 bits per heavy atom. The van der Waals surface area contributed by atoms with Gasteiger partial charge >= 0.3 is 20.7 Å². The molecule has 21 heavy (non-hydrogen) atoms. The molecule has 0 saturated heterocycles. The van der Waals surface area contributed by atoms with Crippen molar-refractivity contribution in [2.45, 2.75) is 12.8 Å². The van der Waals surface area contributed by atoms with Crippen LogP contribution in [0.25, 0.3) is 0 Å². The predicted molar refractivity (Wildman–Crippen MR) is 74.7 cm³/mol. The standard InChI is InChI=1S/C9H15N3O7P2/c13-20(14,15)9(21(16,17)18)12-3-1-2-6-19-8-7-10-4-5-11-8/h4-5,7,13-15H,1-3,6H2,(H-,16,17,18)/p+1. The predicted octanol–water partition coefficient (Wildman–Crippen LogP) is -0.0912. The Balaban J connectivity index is 2.38. The number of hydrogen-bond acceptors (Lipinski definition) is 8. The van der Waals surface area contributed by atoms with Crippen LogP contribution in [-0.2, 0) is 4.57 Å². The van der Waals surface area contributed by atoms with E-state index >= 15 is 0 Å². The van der Waals surface area contributed by atoms with Crippen molar-refractivity contribution in [2.24, 2.45) is 4.99 Å². The molecular formula is C9H16N3O7P2+. The van der Waals surface area contributed by atoms with Crippen LogP contribution in [0.4, 0.5) is 0 Å². The van der Waals surface area contributed by atoms with Crippen molar-refractivity contribution >= 4 is 20.7 Å². The summed E-state index contributed by atoms with van der Waals surface area (Å²) in [5.41, 5.74) is 0. The quantitative estimate of drug-likeness (QED) is 0.247. The molecule has 0 radical (unpaired) electrons. The fourth-order valence-corrected chi connectivity index (χ4v) is 3.26. The van der Waals surface area contributed by atoms with Crippen molar-refractivity contribution in [3.05, 3.63) is 18.6 Å². The molecule has 1 aromatic heterocycles. The third-order valence-electron chi connectivity index (χ3n) is 2.12. The number of aromatic nitrogens is 2. The molecule has 12 heteroatoms. The molecule has 1 aromatic rings. The average molecular weight is 340 g/mol. The third kappa shape index (κ3) is 7.01. The highest BCUT2D eigenvalue weighted by Crippen LogP contribution is 2.60. The van der Waals surface area contributed by atoms with Gasteiger partial charge in [-0.15, -0.1) is 0 Å². The largest absolute Gasteiger partial charge is 0.477 e. The van der Waals surface area contributed by atoms with E-state index in [0.29, 0.717) is 18.7 Å². The molecule has 0 atom stereocenters. The lowest BCUT2D eigenvalue weighted by Gasteiger charge is -2.08. The van der Waals surface area contributed by atoms with Gasteiger partial charge in [0.15, 0.2) is 0 Å². The van der Waals surface area contributed by atoms with Gasteiger partial charge in [-0.25, -0.2) is 14.5 Å². The lowest BCUT2D eigenvalue weighted by molar-refractivity contribution is 0.295. The maximum atomic E-state index is 11.0. The molecule has 0 aliphatic rings. The number of nitrogens with zero attached hydrogens (tertiary/aromatic N) is 3. The van der Waals surface area contributed by atoms with E-state index in [1.807, 2.05) is 0 Å². The molecule has 0 aromatic carbocycles. The number of rotatable bonds is 8. The second kappa shape index (κ2) is 7.86. The van der Waals surface area contributed by atoms with E-state index in [1.165, 1.54) is 18.6 Å². The van der Waals surface area contributed by atoms with Crippen molar-refractivity contribution in [1.82, 2.24) is 9.97 Å². The van der Waals surface area contributed by atoms with Gasteiger partial charge in [-0.2, -0.15) is 14.7 Å². The first-order valence-electron chi connectivity index (χ1n) is 5.78. The molecule has 1 heterocycles. The Kier molecular flexibility index (Phi) is 6.76. The van der Waals surface area contributed by atoms with Gasteiger partial charge in [-0.1, -0.05) is 0 Å². The van der Waals surface area contributed by atoms with Crippen molar-refractivity contribution < 1.29 is 33.8 Å². The SMILES string of the molecule is O=P(O)(O)C(=NCCCCOc1cnccn1)[P+](O)(O)O. The van der Waals surface area contributed by atoms with E-state index in [1.54, 1.807) is 0 Å². The summed E-state index contributed by atoms with van der Waals surface area (Å²) in [6.07, 6.45) is 5.26. The molecule has 0 amide bonds. The van der Waals surface area contributed by atoms with Gasteiger partial charge in [-0.05, 0) is 12.8 Å². The van der Waals surface area contributed by atoms with Crippen molar-refractivity contribution in [3.8, 4) is 5.88 Å². The number of unbranched alkanes of at least 4 members (excludes halogenated alkanes) is 1. The second-order valence-electron chi connectivity index (χ2n) is 3.89. The summed E-state index contributed by atoms with van der Waals surface area (Å²) < 4.78 is 16.2. The summed E-state index contributed by atoms with van der Waals surface area (Å²) in [5.74, 6) is 0.350. The third-order valence-corrected chi connectivity index (χ3v) is 5.05. The van der Waals surface area contributed by atoms with Gasteiger partial charge in [0.2, 0.25) is 5.88 Å². The highest BCUT2D eigenvalue weighted by Gasteiger charge is 2.51. The van der Waals surface area contributed by atoms with E-state index in [0.717, 1.165) is 0 Å². The Morgan fingerprint density at radius 1 is 1.29 bits per heavy atom. The van der Waals surface area contributed by atoms with Crippen LogP contribution in [0.3, 0.4) is 0 Å². The van der Waals surface area contributed by atoms with Gasteiger partial charge in [0, 0.05) is 18.9 Å². The molecule has 118 valence electrons. The maximum Gasteiger partial charge on any atom is 0.469 e. The minimum absolute atomic E-state index is 0.0896. The van der Waals surface area contributed by atoms with E-state index in [2.05, 4.69) is 15.0 Å². The van der Waals surface area contributed by atoms with Gasteiger partial charge < -0.3 is 14.5 Å². The lowest BCUT2D eigenvalue weighted by Crippen LogP contribution is -2.07. The molecule has 0 fully saturated rings. The van der Waals surface area contributed by atoms with Gasteiger partial charge in [0.25, 0.3) is 0 Å². The Hall–Kier alpha value is -0.990. The fourth-order valence-electron chi connectivity index (χ4n) is 1.29. The molecule has 10 nitrogen and oxygen atoms in total. The first-order chi connectivity index (χ1) is 9.71. The molecular weight excluding hydrogens is 324 g/mol. The van der Waals surface area contributed by atoms with Crippen LogP contribution in [0.15, 0.2) is 23.6 Å². The van der Waals surface area contributed by atoms with E-state index in [-0.39, 0.29) is 13.2 Å². The van der Waals surface area contributed by atoms with E-state index in [4.69, 9.17) is 29.2 Å². The van der Waals surface area contributed by atoms with Crippen LogP contribution >= 0.6 is 15.5 Å². The van der Waals surface area contributed by atoms with E-state index in [9.17, 15) is 4.57 Å². The van der Waals surface area contributed by atoms with Crippen LogP contribution < -0.4 is 4.74 Å². The zero-order valence-corrected chi connectivity index (χ0v) is 12.6. The number of hydrogen-bond donors (Lipinski definition) is 5. The zero-order chi connectivity index (χ0) is 15.9. The van der Waals surface area contributed by atoms with Crippen LogP contribution in [0.2, 0.25) is 0 Å². The summed E-state index contributed by atoms with van der Waals surface area (Å²) in [5, 5.41) is -1.27. The molecule has 5 N–H and O–H groups in total. The minimum atomic E-state index is -5.00. The molecule has 0 aliphatic heterocycles. The Morgan fingerprint density at radius 2 is 2.00 bits per heavy atom. The summed E-state index contributed by atoms with van der Waals surface area (Å²) >= 11 is 0. The molecule has 1 rings (SSSR count). The van der Waals surface area contributed by atoms with Crippen LogP contribution in [0.1, 0.15) is 12.8 Å². The van der Waals surface area contributed by atoms with Crippen LogP contribution in [-0.4, -0.2) is 52.8 Å². The summed E-state index contributed by atoms with van der Waals surface area (Å²) in [4.78, 5) is 55.5. The smallest absolute Gasteiger partial charge is 0.469 e. The molecule has 0 aliphatic carbocycles. The fraction of sp³-hybridized carbons (Fsp3) is 0.444. The van der Waals surface area contributed by atoms with Crippen molar-refractivity contribution in [3.63, 3.8) is 0 Å². The lowest BCUT2D eigenvalue weighted by atomic mass is 10.3. The number of aliphatic imine (C=N–C) groups is 1. The molecule has 0 unspecified atom stereocenters. The van der Waals surface area contributed by atoms with Crippen LogP contribution in [0, 0.1) is 0 Å². The van der Waals surface area contributed by atoms with Crippen molar-refractivity contribution in [1.29, 1.82) is 0 Å². The zero-order valence-electron chi connectivity index (χ0n) is 10.8. The monoisotopic (exact) mass is 340 g/mol. The topological polar surface area (TPSA) is 166 Å². The van der Waals surface area contributed by atoms with Crippen LogP contribution in [0.5, 0.6) is 5.88 Å².